The van der Waals surface area contributed by atoms with Crippen molar-refractivity contribution in [2.75, 3.05) is 0 Å². The number of hydrogen-bond acceptors (Lipinski definition) is 2. The fourth-order valence-electron chi connectivity index (χ4n) is 2.06. The lowest BCUT2D eigenvalue weighted by molar-refractivity contribution is 0.466. The highest BCUT2D eigenvalue weighted by Crippen LogP contribution is 2.31. The maximum absolute atomic E-state index is 13.2. The zero-order valence-electron chi connectivity index (χ0n) is 12.2. The van der Waals surface area contributed by atoms with Gasteiger partial charge in [-0.2, -0.15) is 0 Å². The molecule has 0 saturated carbocycles. The van der Waals surface area contributed by atoms with Gasteiger partial charge < -0.3 is 10.5 Å². The molecule has 4 heteroatoms. The molecule has 2 nitrogen and oxygen atoms in total. The largest absolute Gasteiger partial charge is 0.457 e. The topological polar surface area (TPSA) is 35.2 Å². The fourth-order valence-corrected chi connectivity index (χ4v) is 2.23. The SMILES string of the molecule is CCC(N)Cc1ccc(Cl)cc1Oc1ccc(F)cc1C. The van der Waals surface area contributed by atoms with Gasteiger partial charge in [0.15, 0.2) is 0 Å². The van der Waals surface area contributed by atoms with Gasteiger partial charge in [0.1, 0.15) is 17.3 Å². The summed E-state index contributed by atoms with van der Waals surface area (Å²) < 4.78 is 19.1. The smallest absolute Gasteiger partial charge is 0.132 e. The summed E-state index contributed by atoms with van der Waals surface area (Å²) in [6.45, 7) is 3.85. The Kier molecular flexibility index (Phi) is 5.21. The minimum absolute atomic E-state index is 0.0721. The van der Waals surface area contributed by atoms with Crippen LogP contribution in [0.5, 0.6) is 11.5 Å². The van der Waals surface area contributed by atoms with E-state index in [1.165, 1.54) is 12.1 Å². The van der Waals surface area contributed by atoms with Crippen LogP contribution >= 0.6 is 11.6 Å². The Morgan fingerprint density at radius 2 is 1.95 bits per heavy atom. The number of rotatable bonds is 5. The van der Waals surface area contributed by atoms with Crippen LogP contribution in [0.1, 0.15) is 24.5 Å². The standard InChI is InChI=1S/C17H19ClFNO/c1-3-15(20)9-12-4-5-13(18)10-17(12)21-16-7-6-14(19)8-11(16)2/h4-8,10,15H,3,9,20H2,1-2H3. The highest BCUT2D eigenvalue weighted by Gasteiger charge is 2.11. The molecule has 2 aromatic carbocycles. The van der Waals surface area contributed by atoms with E-state index in [0.29, 0.717) is 22.9 Å². The molecule has 2 N–H and O–H groups in total. The molecule has 1 unspecified atom stereocenters. The van der Waals surface area contributed by atoms with Crippen LogP contribution in [0.2, 0.25) is 5.02 Å². The fraction of sp³-hybridized carbons (Fsp3) is 0.294. The molecule has 0 radical (unpaired) electrons. The third-order valence-electron chi connectivity index (χ3n) is 3.39. The molecule has 0 heterocycles. The molecule has 1 atom stereocenters. The summed E-state index contributed by atoms with van der Waals surface area (Å²) in [7, 11) is 0. The second-order valence-corrected chi connectivity index (χ2v) is 5.57. The van der Waals surface area contributed by atoms with Crippen LogP contribution in [0.4, 0.5) is 4.39 Å². The van der Waals surface area contributed by atoms with Gasteiger partial charge in [0, 0.05) is 11.1 Å². The maximum atomic E-state index is 13.2. The molecule has 0 aliphatic carbocycles. The molecule has 0 aliphatic heterocycles. The predicted octanol–water partition coefficient (Wildman–Crippen LogP) is 4.86. The summed E-state index contributed by atoms with van der Waals surface area (Å²) in [6.07, 6.45) is 1.60. The van der Waals surface area contributed by atoms with Crippen molar-refractivity contribution < 1.29 is 9.13 Å². The van der Waals surface area contributed by atoms with Gasteiger partial charge in [0.2, 0.25) is 0 Å². The molecule has 112 valence electrons. The second kappa shape index (κ2) is 6.92. The summed E-state index contributed by atoms with van der Waals surface area (Å²) in [4.78, 5) is 0. The van der Waals surface area contributed by atoms with Gasteiger partial charge in [-0.3, -0.25) is 0 Å². The zero-order valence-corrected chi connectivity index (χ0v) is 13.0. The Labute approximate surface area is 129 Å². The lowest BCUT2D eigenvalue weighted by Gasteiger charge is -2.15. The van der Waals surface area contributed by atoms with E-state index in [4.69, 9.17) is 22.1 Å². The van der Waals surface area contributed by atoms with E-state index in [9.17, 15) is 4.39 Å². The van der Waals surface area contributed by atoms with E-state index < -0.39 is 0 Å². The van der Waals surface area contributed by atoms with Gasteiger partial charge in [-0.05, 0) is 61.2 Å². The van der Waals surface area contributed by atoms with Crippen molar-refractivity contribution in [2.45, 2.75) is 32.7 Å². The molecule has 2 rings (SSSR count). The number of ether oxygens (including phenoxy) is 1. The first-order valence-electron chi connectivity index (χ1n) is 6.97. The Bertz CT molecular complexity index is 630. The zero-order chi connectivity index (χ0) is 15.4. The predicted molar refractivity (Wildman–Crippen MR) is 84.6 cm³/mol. The monoisotopic (exact) mass is 307 g/mol. The normalized spacial score (nSPS) is 12.2. The average Bonchev–Trinajstić information content (AvgIpc) is 2.44. The van der Waals surface area contributed by atoms with Crippen molar-refractivity contribution in [3.8, 4) is 11.5 Å². The van der Waals surface area contributed by atoms with Gasteiger partial charge in [0.25, 0.3) is 0 Å². The third kappa shape index (κ3) is 4.19. The highest BCUT2D eigenvalue weighted by molar-refractivity contribution is 6.30. The molecule has 21 heavy (non-hydrogen) atoms. The number of nitrogens with two attached hydrogens (primary N) is 1. The van der Waals surface area contributed by atoms with Crippen LogP contribution in [0.25, 0.3) is 0 Å². The number of halogens is 2. The molecule has 0 bridgehead atoms. The van der Waals surface area contributed by atoms with Gasteiger partial charge in [-0.15, -0.1) is 0 Å². The van der Waals surface area contributed by atoms with Gasteiger partial charge >= 0.3 is 0 Å². The third-order valence-corrected chi connectivity index (χ3v) is 3.63. The van der Waals surface area contributed by atoms with Crippen LogP contribution in [0, 0.1) is 12.7 Å². The van der Waals surface area contributed by atoms with Crippen LogP contribution in [0.3, 0.4) is 0 Å². The molecular formula is C17H19ClFNO. The highest BCUT2D eigenvalue weighted by atomic mass is 35.5. The Balaban J connectivity index is 2.31. The summed E-state index contributed by atoms with van der Waals surface area (Å²) in [6, 6.07) is 10.0. The van der Waals surface area contributed by atoms with E-state index >= 15 is 0 Å². The van der Waals surface area contributed by atoms with Crippen molar-refractivity contribution in [3.63, 3.8) is 0 Å². The number of hydrogen-bond donors (Lipinski definition) is 1. The molecular weight excluding hydrogens is 289 g/mol. The molecule has 0 saturated heterocycles. The molecule has 0 aromatic heterocycles. The van der Waals surface area contributed by atoms with Crippen molar-refractivity contribution in [1.29, 1.82) is 0 Å². The number of benzene rings is 2. The van der Waals surface area contributed by atoms with Crippen molar-refractivity contribution in [3.05, 3.63) is 58.4 Å². The van der Waals surface area contributed by atoms with Gasteiger partial charge in [-0.1, -0.05) is 24.6 Å². The van der Waals surface area contributed by atoms with E-state index in [0.717, 1.165) is 17.5 Å². The van der Waals surface area contributed by atoms with Gasteiger partial charge in [-0.25, -0.2) is 4.39 Å². The van der Waals surface area contributed by atoms with Crippen LogP contribution < -0.4 is 10.5 Å². The Hall–Kier alpha value is -1.58. The summed E-state index contributed by atoms with van der Waals surface area (Å²) >= 11 is 6.05. The first kappa shape index (κ1) is 15.8. The molecule has 0 aliphatic rings. The van der Waals surface area contributed by atoms with Crippen LogP contribution in [0.15, 0.2) is 36.4 Å². The average molecular weight is 308 g/mol. The quantitative estimate of drug-likeness (QED) is 0.856. The first-order valence-corrected chi connectivity index (χ1v) is 7.35. The van der Waals surface area contributed by atoms with Crippen molar-refractivity contribution in [1.82, 2.24) is 0 Å². The Morgan fingerprint density at radius 1 is 1.19 bits per heavy atom. The summed E-state index contributed by atoms with van der Waals surface area (Å²) in [5, 5.41) is 0.596. The van der Waals surface area contributed by atoms with Crippen LogP contribution in [-0.4, -0.2) is 6.04 Å². The van der Waals surface area contributed by atoms with E-state index in [1.807, 2.05) is 19.1 Å². The van der Waals surface area contributed by atoms with E-state index in [2.05, 4.69) is 0 Å². The minimum atomic E-state index is -0.279. The first-order chi connectivity index (χ1) is 9.99. The van der Waals surface area contributed by atoms with E-state index in [-0.39, 0.29) is 11.9 Å². The summed E-state index contributed by atoms with van der Waals surface area (Å²) in [5.74, 6) is 1.00. The molecule has 2 aromatic rings. The van der Waals surface area contributed by atoms with Crippen molar-refractivity contribution >= 4 is 11.6 Å². The van der Waals surface area contributed by atoms with E-state index in [1.54, 1.807) is 19.1 Å². The maximum Gasteiger partial charge on any atom is 0.132 e. The second-order valence-electron chi connectivity index (χ2n) is 5.14. The Morgan fingerprint density at radius 3 is 2.62 bits per heavy atom. The van der Waals surface area contributed by atoms with Crippen LogP contribution in [-0.2, 0) is 6.42 Å². The van der Waals surface area contributed by atoms with Gasteiger partial charge in [0.05, 0.1) is 0 Å². The lowest BCUT2D eigenvalue weighted by Crippen LogP contribution is -2.21. The molecule has 0 spiro atoms. The molecule has 0 amide bonds. The summed E-state index contributed by atoms with van der Waals surface area (Å²) in [5.41, 5.74) is 7.75. The molecule has 0 fully saturated rings. The lowest BCUT2D eigenvalue weighted by atomic mass is 10.0. The van der Waals surface area contributed by atoms with Crippen molar-refractivity contribution in [2.24, 2.45) is 5.73 Å². The number of aryl methyl sites for hydroxylation is 1. The minimum Gasteiger partial charge on any atom is -0.457 e.